The molecule has 2 aliphatic carbocycles. The fraction of sp³-hybridized carbons (Fsp3) is 0.600. The molecule has 0 aromatic heterocycles. The van der Waals surface area contributed by atoms with Gasteiger partial charge >= 0.3 is 0 Å². The molecule has 0 amide bonds. The molecule has 17 heavy (non-hydrogen) atoms. The molecule has 0 bridgehead atoms. The largest absolute Gasteiger partial charge is 0.382 e. The summed E-state index contributed by atoms with van der Waals surface area (Å²) < 4.78 is 1.19. The van der Waals surface area contributed by atoms with Crippen LogP contribution in [0.2, 0.25) is 0 Å². The Morgan fingerprint density at radius 2 is 1.88 bits per heavy atom. The lowest BCUT2D eigenvalue weighted by atomic mass is 10.0. The highest BCUT2D eigenvalue weighted by Gasteiger charge is 2.41. The summed E-state index contributed by atoms with van der Waals surface area (Å²) in [7, 11) is 0. The minimum atomic E-state index is 0.751. The zero-order valence-electron chi connectivity index (χ0n) is 10.4. The number of anilines is 1. The molecule has 1 aromatic rings. The summed E-state index contributed by atoms with van der Waals surface area (Å²) in [6.07, 6.45) is 6.85. The minimum absolute atomic E-state index is 0.751. The molecule has 92 valence electrons. The summed E-state index contributed by atoms with van der Waals surface area (Å²) in [6, 6.07) is 7.39. The number of rotatable bonds is 5. The van der Waals surface area contributed by atoms with Gasteiger partial charge in [0.25, 0.3) is 0 Å². The standard InChI is InChI=1S/C15H20BrN/c1-2-10-9-13(16)7-8-14(10)17-15(11-3-4-11)12-5-6-12/h7-9,11-12,15,17H,2-6H2,1H3. The highest BCUT2D eigenvalue weighted by molar-refractivity contribution is 9.10. The van der Waals surface area contributed by atoms with Crippen LogP contribution in [0.5, 0.6) is 0 Å². The average molecular weight is 294 g/mol. The fourth-order valence-electron chi connectivity index (χ4n) is 2.71. The molecule has 1 aromatic carbocycles. The van der Waals surface area contributed by atoms with Crippen molar-refractivity contribution >= 4 is 21.6 Å². The first-order valence-electron chi connectivity index (χ1n) is 6.83. The molecule has 2 saturated carbocycles. The molecule has 0 unspecified atom stereocenters. The van der Waals surface area contributed by atoms with Crippen molar-refractivity contribution in [2.75, 3.05) is 5.32 Å². The molecule has 0 saturated heterocycles. The maximum atomic E-state index is 3.83. The predicted molar refractivity (Wildman–Crippen MR) is 76.4 cm³/mol. The maximum absolute atomic E-state index is 3.83. The summed E-state index contributed by atoms with van der Waals surface area (Å²) in [6.45, 7) is 2.23. The normalized spacial score (nSPS) is 19.7. The van der Waals surface area contributed by atoms with Gasteiger partial charge in [-0.3, -0.25) is 0 Å². The Bertz CT molecular complexity index is 395. The Morgan fingerprint density at radius 3 is 2.41 bits per heavy atom. The Labute approximate surface area is 112 Å². The quantitative estimate of drug-likeness (QED) is 0.836. The van der Waals surface area contributed by atoms with Crippen LogP contribution in [0.25, 0.3) is 0 Å². The van der Waals surface area contributed by atoms with Crippen molar-refractivity contribution in [2.45, 2.75) is 45.1 Å². The number of halogens is 1. The van der Waals surface area contributed by atoms with E-state index in [1.54, 1.807) is 0 Å². The van der Waals surface area contributed by atoms with Gasteiger partial charge < -0.3 is 5.32 Å². The molecule has 0 atom stereocenters. The summed E-state index contributed by atoms with van der Waals surface area (Å²) in [5.74, 6) is 1.91. The lowest BCUT2D eigenvalue weighted by molar-refractivity contribution is 0.567. The molecule has 0 heterocycles. The highest BCUT2D eigenvalue weighted by atomic mass is 79.9. The topological polar surface area (TPSA) is 12.0 Å². The first-order chi connectivity index (χ1) is 8.28. The monoisotopic (exact) mass is 293 g/mol. The van der Waals surface area contributed by atoms with Crippen molar-refractivity contribution in [3.63, 3.8) is 0 Å². The van der Waals surface area contributed by atoms with E-state index in [4.69, 9.17) is 0 Å². The van der Waals surface area contributed by atoms with E-state index in [0.717, 1.165) is 24.3 Å². The lowest BCUT2D eigenvalue weighted by Crippen LogP contribution is -2.24. The van der Waals surface area contributed by atoms with Crippen molar-refractivity contribution in [1.82, 2.24) is 0 Å². The van der Waals surface area contributed by atoms with Gasteiger partial charge in [-0.05, 0) is 67.7 Å². The number of benzene rings is 1. The van der Waals surface area contributed by atoms with Gasteiger partial charge in [0.1, 0.15) is 0 Å². The summed E-state index contributed by atoms with van der Waals surface area (Å²) in [5.41, 5.74) is 2.80. The van der Waals surface area contributed by atoms with E-state index in [2.05, 4.69) is 46.4 Å². The van der Waals surface area contributed by atoms with E-state index in [-0.39, 0.29) is 0 Å². The minimum Gasteiger partial charge on any atom is -0.382 e. The van der Waals surface area contributed by atoms with E-state index in [1.807, 2.05) is 0 Å². The van der Waals surface area contributed by atoms with Gasteiger partial charge in [-0.2, -0.15) is 0 Å². The van der Waals surface area contributed by atoms with Crippen LogP contribution >= 0.6 is 15.9 Å². The van der Waals surface area contributed by atoms with Crippen LogP contribution in [-0.2, 0) is 6.42 Å². The first kappa shape index (κ1) is 11.6. The van der Waals surface area contributed by atoms with Gasteiger partial charge in [0.2, 0.25) is 0 Å². The van der Waals surface area contributed by atoms with Crippen molar-refractivity contribution in [2.24, 2.45) is 11.8 Å². The zero-order chi connectivity index (χ0) is 11.8. The van der Waals surface area contributed by atoms with E-state index in [9.17, 15) is 0 Å². The van der Waals surface area contributed by atoms with Gasteiger partial charge in [0, 0.05) is 16.2 Å². The second-order valence-corrected chi connectivity index (χ2v) is 6.42. The number of aryl methyl sites for hydroxylation is 1. The van der Waals surface area contributed by atoms with E-state index in [1.165, 1.54) is 41.4 Å². The van der Waals surface area contributed by atoms with Crippen molar-refractivity contribution in [3.05, 3.63) is 28.2 Å². The van der Waals surface area contributed by atoms with Crippen LogP contribution in [-0.4, -0.2) is 6.04 Å². The summed E-state index contributed by atoms with van der Waals surface area (Å²) in [4.78, 5) is 0. The zero-order valence-corrected chi connectivity index (χ0v) is 12.0. The molecule has 0 aliphatic heterocycles. The molecule has 3 rings (SSSR count). The predicted octanol–water partition coefficient (Wildman–Crippen LogP) is 4.61. The Balaban J connectivity index is 1.78. The summed E-state index contributed by atoms with van der Waals surface area (Å²) >= 11 is 3.56. The van der Waals surface area contributed by atoms with E-state index in [0.29, 0.717) is 0 Å². The van der Waals surface area contributed by atoms with Gasteiger partial charge in [0.05, 0.1) is 0 Å². The van der Waals surface area contributed by atoms with Gasteiger partial charge in [-0.25, -0.2) is 0 Å². The Kier molecular flexibility index (Phi) is 3.16. The third-order valence-electron chi connectivity index (χ3n) is 4.03. The highest BCUT2D eigenvalue weighted by Crippen LogP contribution is 2.46. The van der Waals surface area contributed by atoms with Gasteiger partial charge in [0.15, 0.2) is 0 Å². The van der Waals surface area contributed by atoms with Crippen LogP contribution in [0.15, 0.2) is 22.7 Å². The van der Waals surface area contributed by atoms with E-state index >= 15 is 0 Å². The third-order valence-corrected chi connectivity index (χ3v) is 4.52. The lowest BCUT2D eigenvalue weighted by Gasteiger charge is -2.21. The van der Waals surface area contributed by atoms with E-state index < -0.39 is 0 Å². The molecule has 2 aliphatic rings. The van der Waals surface area contributed by atoms with Crippen LogP contribution in [0, 0.1) is 11.8 Å². The smallest absolute Gasteiger partial charge is 0.0375 e. The molecule has 2 heteroatoms. The van der Waals surface area contributed by atoms with Gasteiger partial charge in [-0.15, -0.1) is 0 Å². The SMILES string of the molecule is CCc1cc(Br)ccc1NC(C1CC1)C1CC1. The molecule has 2 fully saturated rings. The summed E-state index contributed by atoms with van der Waals surface area (Å²) in [5, 5.41) is 3.83. The average Bonchev–Trinajstić information content (AvgIpc) is 3.17. The van der Waals surface area contributed by atoms with Crippen LogP contribution in [0.4, 0.5) is 5.69 Å². The second kappa shape index (κ2) is 4.64. The Hall–Kier alpha value is -0.500. The third kappa shape index (κ3) is 2.67. The molecule has 1 nitrogen and oxygen atoms in total. The van der Waals surface area contributed by atoms with Crippen LogP contribution < -0.4 is 5.32 Å². The number of hydrogen-bond acceptors (Lipinski definition) is 1. The first-order valence-corrected chi connectivity index (χ1v) is 7.62. The molecular formula is C15H20BrN. The molecule has 0 radical (unpaired) electrons. The fourth-order valence-corrected chi connectivity index (χ4v) is 3.11. The number of nitrogens with one attached hydrogen (secondary N) is 1. The molecule has 0 spiro atoms. The van der Waals surface area contributed by atoms with Crippen molar-refractivity contribution in [3.8, 4) is 0 Å². The Morgan fingerprint density at radius 1 is 1.24 bits per heavy atom. The molecular weight excluding hydrogens is 274 g/mol. The number of hydrogen-bond donors (Lipinski definition) is 1. The van der Waals surface area contributed by atoms with Gasteiger partial charge in [-0.1, -0.05) is 22.9 Å². The van der Waals surface area contributed by atoms with Crippen LogP contribution in [0.1, 0.15) is 38.2 Å². The van der Waals surface area contributed by atoms with Crippen molar-refractivity contribution < 1.29 is 0 Å². The van der Waals surface area contributed by atoms with Crippen molar-refractivity contribution in [1.29, 1.82) is 0 Å². The van der Waals surface area contributed by atoms with Crippen LogP contribution in [0.3, 0.4) is 0 Å². The maximum Gasteiger partial charge on any atom is 0.0375 e. The second-order valence-electron chi connectivity index (χ2n) is 5.50. The molecule has 1 N–H and O–H groups in total.